The first-order chi connectivity index (χ1) is 15.6. The van der Waals surface area contributed by atoms with Crippen LogP contribution in [0, 0.1) is 0 Å². The summed E-state index contributed by atoms with van der Waals surface area (Å²) in [5.41, 5.74) is 2.99. The molecule has 8 nitrogen and oxygen atoms in total. The van der Waals surface area contributed by atoms with Gasteiger partial charge in [0.25, 0.3) is 0 Å². The number of carbonyl (C=O) groups is 2. The van der Waals surface area contributed by atoms with E-state index in [-0.39, 0.29) is 18.4 Å². The molecule has 0 atom stereocenters. The fourth-order valence-corrected chi connectivity index (χ4v) is 4.84. The number of fused-ring (bicyclic) bond motifs is 2. The van der Waals surface area contributed by atoms with Gasteiger partial charge in [-0.25, -0.2) is 4.68 Å². The molecule has 168 valence electrons. The maximum Gasteiger partial charge on any atom is 0.240 e. The highest BCUT2D eigenvalue weighted by molar-refractivity contribution is 6.00. The summed E-state index contributed by atoms with van der Waals surface area (Å²) in [6.07, 6.45) is 5.91. The molecular weight excluding hydrogens is 404 g/mol. The molecule has 0 radical (unpaired) electrons. The summed E-state index contributed by atoms with van der Waals surface area (Å²) in [4.78, 5) is 29.2. The summed E-state index contributed by atoms with van der Waals surface area (Å²) in [6.45, 7) is 4.55. The summed E-state index contributed by atoms with van der Waals surface area (Å²) in [7, 11) is 2.02. The first-order valence-electron chi connectivity index (χ1n) is 11.5. The Labute approximate surface area is 187 Å². The van der Waals surface area contributed by atoms with Gasteiger partial charge in [-0.3, -0.25) is 14.5 Å². The van der Waals surface area contributed by atoms with Crippen molar-refractivity contribution in [2.75, 3.05) is 37.6 Å². The molecule has 0 spiro atoms. The summed E-state index contributed by atoms with van der Waals surface area (Å²) < 4.78 is 3.93. The Balaban J connectivity index is 1.28. The van der Waals surface area contributed by atoms with Crippen LogP contribution in [-0.2, 0) is 23.2 Å². The van der Waals surface area contributed by atoms with E-state index in [1.807, 2.05) is 29.9 Å². The molecular formula is C24H30N6O2. The number of nitrogens with zero attached hydrogens (tertiary/aromatic N) is 5. The van der Waals surface area contributed by atoms with E-state index in [4.69, 9.17) is 5.10 Å². The predicted octanol–water partition coefficient (Wildman–Crippen LogP) is 2.38. The van der Waals surface area contributed by atoms with Gasteiger partial charge in [-0.15, -0.1) is 0 Å². The van der Waals surface area contributed by atoms with Gasteiger partial charge in [-0.1, -0.05) is 18.2 Å². The van der Waals surface area contributed by atoms with Crippen molar-refractivity contribution in [2.45, 2.75) is 32.2 Å². The summed E-state index contributed by atoms with van der Waals surface area (Å²) in [5.74, 6) is 0.534. The van der Waals surface area contributed by atoms with Gasteiger partial charge >= 0.3 is 0 Å². The minimum absolute atomic E-state index is 0.0310. The molecule has 1 aromatic carbocycles. The molecule has 1 N–H and O–H groups in total. The molecule has 0 saturated carbocycles. The number of aromatic nitrogens is 3. The van der Waals surface area contributed by atoms with Crippen molar-refractivity contribution in [3.05, 3.63) is 36.5 Å². The molecule has 2 amide bonds. The second-order valence-electron chi connectivity index (χ2n) is 8.76. The van der Waals surface area contributed by atoms with Crippen molar-refractivity contribution in [3.8, 4) is 11.3 Å². The molecule has 0 aliphatic carbocycles. The minimum atomic E-state index is -0.124. The highest BCUT2D eigenvalue weighted by Crippen LogP contribution is 2.33. The van der Waals surface area contributed by atoms with Crippen LogP contribution in [0.3, 0.4) is 0 Å². The molecule has 2 aromatic heterocycles. The topological polar surface area (TPSA) is 75.4 Å². The molecule has 4 heterocycles. The Morgan fingerprint density at radius 2 is 1.97 bits per heavy atom. The zero-order valence-electron chi connectivity index (χ0n) is 18.6. The Kier molecular flexibility index (Phi) is 5.70. The summed E-state index contributed by atoms with van der Waals surface area (Å²) in [6, 6.07) is 10.1. The van der Waals surface area contributed by atoms with E-state index in [1.54, 1.807) is 4.90 Å². The molecule has 2 aliphatic heterocycles. The third-order valence-corrected chi connectivity index (χ3v) is 6.52. The number of anilines is 1. The van der Waals surface area contributed by atoms with Gasteiger partial charge in [0, 0.05) is 48.7 Å². The van der Waals surface area contributed by atoms with E-state index in [2.05, 4.69) is 33.1 Å². The lowest BCUT2D eigenvalue weighted by Gasteiger charge is -2.26. The number of hydrogen-bond donors (Lipinski definition) is 1. The number of amides is 2. The number of likely N-dealkylation sites (tertiary alicyclic amines) is 1. The third kappa shape index (κ3) is 4.02. The highest BCUT2D eigenvalue weighted by Gasteiger charge is 2.28. The van der Waals surface area contributed by atoms with Gasteiger partial charge in [0.05, 0.1) is 12.2 Å². The second-order valence-corrected chi connectivity index (χ2v) is 8.76. The quantitative estimate of drug-likeness (QED) is 0.580. The number of benzene rings is 1. The molecule has 2 aliphatic rings. The standard InChI is InChI=1S/C24H30N6O2/c1-27-16-19(18-7-2-3-8-21(18)27)20-15-23-29(24(32)9-14-30(23)26-20)17-22(31)25-10-6-13-28-11-4-5-12-28/h2-3,7-8,15-16H,4-6,9-14,17H2,1H3,(H,25,31). The molecule has 3 aromatic rings. The van der Waals surface area contributed by atoms with E-state index < -0.39 is 0 Å². The van der Waals surface area contributed by atoms with Gasteiger partial charge in [0.15, 0.2) is 0 Å². The van der Waals surface area contributed by atoms with Crippen molar-refractivity contribution < 1.29 is 9.59 Å². The van der Waals surface area contributed by atoms with Crippen molar-refractivity contribution in [2.24, 2.45) is 7.05 Å². The van der Waals surface area contributed by atoms with Crippen LogP contribution in [0.15, 0.2) is 36.5 Å². The van der Waals surface area contributed by atoms with Crippen molar-refractivity contribution in [1.82, 2.24) is 24.6 Å². The maximum atomic E-state index is 12.7. The van der Waals surface area contributed by atoms with Crippen LogP contribution in [0.25, 0.3) is 22.2 Å². The van der Waals surface area contributed by atoms with E-state index in [0.717, 1.165) is 35.1 Å². The van der Waals surface area contributed by atoms with Crippen LogP contribution in [0.1, 0.15) is 25.7 Å². The molecule has 0 unspecified atom stereocenters. The SMILES string of the molecule is Cn1cc(-c2cc3n(n2)CCC(=O)N3CC(=O)NCCCN2CCCC2)c2ccccc21. The minimum Gasteiger partial charge on any atom is -0.354 e. The summed E-state index contributed by atoms with van der Waals surface area (Å²) in [5, 5.41) is 8.87. The summed E-state index contributed by atoms with van der Waals surface area (Å²) >= 11 is 0. The average Bonchev–Trinajstić information content (AvgIpc) is 3.53. The molecule has 1 fully saturated rings. The number of nitrogens with one attached hydrogen (secondary N) is 1. The number of aryl methyl sites for hydroxylation is 2. The van der Waals surface area contributed by atoms with Crippen molar-refractivity contribution in [1.29, 1.82) is 0 Å². The highest BCUT2D eigenvalue weighted by atomic mass is 16.2. The number of hydrogen-bond acceptors (Lipinski definition) is 4. The molecule has 0 bridgehead atoms. The van der Waals surface area contributed by atoms with E-state index in [0.29, 0.717) is 25.3 Å². The Hall–Kier alpha value is -3.13. The zero-order chi connectivity index (χ0) is 22.1. The predicted molar refractivity (Wildman–Crippen MR) is 124 cm³/mol. The first kappa shape index (κ1) is 20.8. The Morgan fingerprint density at radius 1 is 1.16 bits per heavy atom. The van der Waals surface area contributed by atoms with Gasteiger partial charge in [0.2, 0.25) is 11.8 Å². The van der Waals surface area contributed by atoms with Crippen LogP contribution in [0.4, 0.5) is 5.82 Å². The second kappa shape index (κ2) is 8.78. The largest absolute Gasteiger partial charge is 0.354 e. The van der Waals surface area contributed by atoms with Crippen molar-refractivity contribution in [3.63, 3.8) is 0 Å². The molecule has 5 rings (SSSR count). The smallest absolute Gasteiger partial charge is 0.240 e. The van der Waals surface area contributed by atoms with E-state index in [1.165, 1.54) is 25.9 Å². The number of carbonyl (C=O) groups excluding carboxylic acids is 2. The Morgan fingerprint density at radius 3 is 2.81 bits per heavy atom. The lowest BCUT2D eigenvalue weighted by atomic mass is 10.1. The first-order valence-corrected chi connectivity index (χ1v) is 11.5. The maximum absolute atomic E-state index is 12.7. The van der Waals surface area contributed by atoms with Gasteiger partial charge < -0.3 is 14.8 Å². The van der Waals surface area contributed by atoms with Crippen LogP contribution < -0.4 is 10.2 Å². The third-order valence-electron chi connectivity index (χ3n) is 6.52. The number of rotatable bonds is 7. The van der Waals surface area contributed by atoms with Crippen LogP contribution in [-0.4, -0.2) is 63.8 Å². The lowest BCUT2D eigenvalue weighted by Crippen LogP contribution is -2.44. The molecule has 8 heteroatoms. The molecule has 32 heavy (non-hydrogen) atoms. The van der Waals surface area contributed by atoms with E-state index in [9.17, 15) is 9.59 Å². The fourth-order valence-electron chi connectivity index (χ4n) is 4.84. The van der Waals surface area contributed by atoms with Gasteiger partial charge in [-0.2, -0.15) is 5.10 Å². The van der Waals surface area contributed by atoms with E-state index >= 15 is 0 Å². The van der Waals surface area contributed by atoms with Gasteiger partial charge in [0.1, 0.15) is 12.4 Å². The van der Waals surface area contributed by atoms with Crippen LogP contribution in [0.5, 0.6) is 0 Å². The molecule has 1 saturated heterocycles. The fraction of sp³-hybridized carbons (Fsp3) is 0.458. The van der Waals surface area contributed by atoms with Crippen LogP contribution >= 0.6 is 0 Å². The normalized spacial score (nSPS) is 16.7. The zero-order valence-corrected chi connectivity index (χ0v) is 18.6. The van der Waals surface area contributed by atoms with Crippen molar-refractivity contribution >= 4 is 28.5 Å². The number of para-hydroxylation sites is 1. The van der Waals surface area contributed by atoms with Crippen LogP contribution in [0.2, 0.25) is 0 Å². The lowest BCUT2D eigenvalue weighted by molar-refractivity contribution is -0.124. The Bertz CT molecular complexity index is 1140. The average molecular weight is 435 g/mol. The van der Waals surface area contributed by atoms with Gasteiger partial charge in [-0.05, 0) is 45.0 Å². The monoisotopic (exact) mass is 434 g/mol.